The van der Waals surface area contributed by atoms with Crippen molar-refractivity contribution in [2.24, 2.45) is 7.05 Å². The average molecular weight is 271 g/mol. The van der Waals surface area contributed by atoms with Crippen LogP contribution in [0.2, 0.25) is 5.02 Å². The maximum Gasteiger partial charge on any atom is 0.209 e. The van der Waals surface area contributed by atoms with Gasteiger partial charge in [-0.1, -0.05) is 23.4 Å². The number of thioether (sulfide) groups is 1. The molecule has 0 aliphatic rings. The van der Waals surface area contributed by atoms with Crippen LogP contribution in [0, 0.1) is 0 Å². The lowest BCUT2D eigenvalue weighted by atomic mass is 10.3. The smallest absolute Gasteiger partial charge is 0.209 e. The second-order valence-corrected chi connectivity index (χ2v) is 4.73. The van der Waals surface area contributed by atoms with Gasteiger partial charge in [0.25, 0.3) is 0 Å². The van der Waals surface area contributed by atoms with Gasteiger partial charge in [0, 0.05) is 17.8 Å². The van der Waals surface area contributed by atoms with Gasteiger partial charge in [-0.15, -0.1) is 5.10 Å². The Bertz CT molecular complexity index is 473. The third-order valence-corrected chi connectivity index (χ3v) is 3.20. The van der Waals surface area contributed by atoms with E-state index in [0.717, 1.165) is 16.7 Å². The maximum atomic E-state index is 5.77. The number of halogens is 1. The first-order chi connectivity index (χ1) is 8.25. The summed E-state index contributed by atoms with van der Waals surface area (Å²) >= 11 is 7.33. The Morgan fingerprint density at radius 1 is 1.35 bits per heavy atom. The zero-order valence-corrected chi connectivity index (χ0v) is 10.8. The predicted octanol–water partition coefficient (Wildman–Crippen LogP) is 2.03. The van der Waals surface area contributed by atoms with E-state index >= 15 is 0 Å². The zero-order chi connectivity index (χ0) is 12.1. The molecule has 0 N–H and O–H groups in total. The van der Waals surface area contributed by atoms with Crippen molar-refractivity contribution in [2.45, 2.75) is 5.16 Å². The van der Waals surface area contributed by atoms with E-state index in [9.17, 15) is 0 Å². The molecule has 0 spiro atoms. The molecule has 90 valence electrons. The second-order valence-electron chi connectivity index (χ2n) is 3.24. The summed E-state index contributed by atoms with van der Waals surface area (Å²) in [6.45, 7) is 0.596. The van der Waals surface area contributed by atoms with Crippen LogP contribution in [-0.4, -0.2) is 32.6 Å². The van der Waals surface area contributed by atoms with Gasteiger partial charge in [-0.3, -0.25) is 0 Å². The Labute approximate surface area is 108 Å². The van der Waals surface area contributed by atoms with Crippen molar-refractivity contribution >= 4 is 23.4 Å². The van der Waals surface area contributed by atoms with Gasteiger partial charge in [-0.25, -0.2) is 4.68 Å². The number of aryl methyl sites for hydroxylation is 1. The van der Waals surface area contributed by atoms with Gasteiger partial charge >= 0.3 is 0 Å². The third kappa shape index (κ3) is 3.61. The molecule has 0 radical (unpaired) electrons. The standard InChI is InChI=1S/C10H11ClN4OS/c1-15-10(12-13-14-15)17-7-6-16-9-4-2-8(11)3-5-9/h2-5H,6-7H2,1H3. The van der Waals surface area contributed by atoms with Crippen LogP contribution in [0.5, 0.6) is 5.75 Å². The van der Waals surface area contributed by atoms with Crippen LogP contribution in [0.15, 0.2) is 29.4 Å². The molecule has 2 aromatic rings. The van der Waals surface area contributed by atoms with Crippen molar-refractivity contribution in [2.75, 3.05) is 12.4 Å². The summed E-state index contributed by atoms with van der Waals surface area (Å²) in [6.07, 6.45) is 0. The van der Waals surface area contributed by atoms with Crippen molar-refractivity contribution in [1.29, 1.82) is 0 Å². The molecule has 0 aliphatic heterocycles. The van der Waals surface area contributed by atoms with Crippen molar-refractivity contribution in [3.8, 4) is 5.75 Å². The fourth-order valence-electron chi connectivity index (χ4n) is 1.17. The Hall–Kier alpha value is -1.27. The van der Waals surface area contributed by atoms with E-state index in [1.165, 1.54) is 0 Å². The van der Waals surface area contributed by atoms with E-state index in [0.29, 0.717) is 11.6 Å². The molecule has 1 aromatic heterocycles. The van der Waals surface area contributed by atoms with Crippen LogP contribution >= 0.6 is 23.4 Å². The maximum absolute atomic E-state index is 5.77. The molecule has 17 heavy (non-hydrogen) atoms. The molecule has 0 bridgehead atoms. The predicted molar refractivity (Wildman–Crippen MR) is 66.5 cm³/mol. The van der Waals surface area contributed by atoms with E-state index in [1.54, 1.807) is 28.6 Å². The number of tetrazole rings is 1. The monoisotopic (exact) mass is 270 g/mol. The Morgan fingerprint density at radius 3 is 2.76 bits per heavy atom. The highest BCUT2D eigenvalue weighted by Gasteiger charge is 2.02. The van der Waals surface area contributed by atoms with Gasteiger partial charge in [0.05, 0.1) is 6.61 Å². The molecular formula is C10H11ClN4OS. The minimum atomic E-state index is 0.596. The van der Waals surface area contributed by atoms with Crippen LogP contribution in [-0.2, 0) is 7.05 Å². The fourth-order valence-corrected chi connectivity index (χ4v) is 1.96. The molecular weight excluding hydrogens is 260 g/mol. The summed E-state index contributed by atoms with van der Waals surface area (Å²) in [7, 11) is 1.81. The second kappa shape index (κ2) is 5.88. The van der Waals surface area contributed by atoms with Crippen molar-refractivity contribution in [1.82, 2.24) is 20.2 Å². The largest absolute Gasteiger partial charge is 0.493 e. The summed E-state index contributed by atoms with van der Waals surface area (Å²) in [5.41, 5.74) is 0. The van der Waals surface area contributed by atoms with Crippen LogP contribution in [0.3, 0.4) is 0 Å². The topological polar surface area (TPSA) is 52.8 Å². The van der Waals surface area contributed by atoms with E-state index in [-0.39, 0.29) is 0 Å². The number of benzene rings is 1. The molecule has 0 saturated carbocycles. The minimum absolute atomic E-state index is 0.596. The summed E-state index contributed by atoms with van der Waals surface area (Å²) in [4.78, 5) is 0. The normalized spacial score (nSPS) is 10.5. The van der Waals surface area contributed by atoms with Gasteiger partial charge in [0.1, 0.15) is 5.75 Å². The fraction of sp³-hybridized carbons (Fsp3) is 0.300. The lowest BCUT2D eigenvalue weighted by Crippen LogP contribution is -2.01. The van der Waals surface area contributed by atoms with Crippen LogP contribution in [0.25, 0.3) is 0 Å². The van der Waals surface area contributed by atoms with Crippen LogP contribution < -0.4 is 4.74 Å². The molecule has 1 aromatic carbocycles. The summed E-state index contributed by atoms with van der Waals surface area (Å²) in [6, 6.07) is 7.29. The van der Waals surface area contributed by atoms with Gasteiger partial charge in [0.15, 0.2) is 0 Å². The molecule has 2 rings (SSSR count). The van der Waals surface area contributed by atoms with Gasteiger partial charge in [-0.05, 0) is 34.7 Å². The van der Waals surface area contributed by atoms with Crippen molar-refractivity contribution < 1.29 is 4.74 Å². The molecule has 1 heterocycles. The first-order valence-corrected chi connectivity index (χ1v) is 6.35. The zero-order valence-electron chi connectivity index (χ0n) is 9.21. The number of aromatic nitrogens is 4. The molecule has 0 atom stereocenters. The molecule has 5 nitrogen and oxygen atoms in total. The highest BCUT2D eigenvalue weighted by Crippen LogP contribution is 2.17. The number of nitrogens with zero attached hydrogens (tertiary/aromatic N) is 4. The van der Waals surface area contributed by atoms with Crippen molar-refractivity contribution in [3.63, 3.8) is 0 Å². The lowest BCUT2D eigenvalue weighted by molar-refractivity contribution is 0.344. The SMILES string of the molecule is Cn1nnnc1SCCOc1ccc(Cl)cc1. The molecule has 0 aliphatic carbocycles. The Morgan fingerprint density at radius 2 is 2.12 bits per heavy atom. The first kappa shape index (κ1) is 12.2. The molecule has 0 unspecified atom stereocenters. The Balaban J connectivity index is 1.73. The quantitative estimate of drug-likeness (QED) is 0.615. The number of rotatable bonds is 5. The molecule has 0 saturated heterocycles. The number of hydrogen-bond donors (Lipinski definition) is 0. The minimum Gasteiger partial charge on any atom is -0.493 e. The number of ether oxygens (including phenoxy) is 1. The first-order valence-electron chi connectivity index (χ1n) is 4.99. The van der Waals surface area contributed by atoms with Gasteiger partial charge < -0.3 is 4.74 Å². The lowest BCUT2D eigenvalue weighted by Gasteiger charge is -2.05. The van der Waals surface area contributed by atoms with Crippen LogP contribution in [0.4, 0.5) is 0 Å². The highest BCUT2D eigenvalue weighted by molar-refractivity contribution is 7.99. The average Bonchev–Trinajstić information content (AvgIpc) is 2.73. The van der Waals surface area contributed by atoms with Gasteiger partial charge in [0.2, 0.25) is 5.16 Å². The Kier molecular flexibility index (Phi) is 4.22. The number of hydrogen-bond acceptors (Lipinski definition) is 5. The molecule has 7 heteroatoms. The van der Waals surface area contributed by atoms with Crippen LogP contribution in [0.1, 0.15) is 0 Å². The van der Waals surface area contributed by atoms with Gasteiger partial charge in [-0.2, -0.15) is 0 Å². The van der Waals surface area contributed by atoms with E-state index < -0.39 is 0 Å². The molecule has 0 fully saturated rings. The van der Waals surface area contributed by atoms with E-state index in [1.807, 2.05) is 19.2 Å². The summed E-state index contributed by atoms with van der Waals surface area (Å²) in [5, 5.41) is 12.6. The molecule has 0 amide bonds. The summed E-state index contributed by atoms with van der Waals surface area (Å²) in [5.74, 6) is 1.60. The van der Waals surface area contributed by atoms with Crippen molar-refractivity contribution in [3.05, 3.63) is 29.3 Å². The van der Waals surface area contributed by atoms with E-state index in [4.69, 9.17) is 16.3 Å². The highest BCUT2D eigenvalue weighted by atomic mass is 35.5. The third-order valence-electron chi connectivity index (χ3n) is 1.98. The summed E-state index contributed by atoms with van der Waals surface area (Å²) < 4.78 is 7.17. The van der Waals surface area contributed by atoms with E-state index in [2.05, 4.69) is 15.5 Å².